The molecule has 1 N–H and O–H groups in total. The lowest BCUT2D eigenvalue weighted by Gasteiger charge is -2.11. The molecule has 0 atom stereocenters. The van der Waals surface area contributed by atoms with Crippen LogP contribution in [0.25, 0.3) is 0 Å². The Balaban J connectivity index is 1.59. The molecule has 158 valence electrons. The van der Waals surface area contributed by atoms with Crippen LogP contribution < -0.4 is 10.1 Å². The van der Waals surface area contributed by atoms with Gasteiger partial charge in [0.05, 0.1) is 11.4 Å². The molecular weight excluding hydrogens is 464 g/mol. The first kappa shape index (κ1) is 22.4. The molecule has 1 aromatic heterocycles. The number of nitrogens with one attached hydrogen (secondary N) is 1. The third-order valence-electron chi connectivity index (χ3n) is 4.69. The van der Waals surface area contributed by atoms with Crippen LogP contribution in [0.3, 0.4) is 0 Å². The van der Waals surface area contributed by atoms with Gasteiger partial charge >= 0.3 is 0 Å². The highest BCUT2D eigenvalue weighted by atomic mass is 79.9. The number of aryl methyl sites for hydroxylation is 3. The molecule has 0 saturated carbocycles. The van der Waals surface area contributed by atoms with Gasteiger partial charge in [0.1, 0.15) is 12.4 Å². The van der Waals surface area contributed by atoms with Crippen molar-refractivity contribution in [3.05, 3.63) is 63.4 Å². The summed E-state index contributed by atoms with van der Waals surface area (Å²) in [6.45, 7) is 9.15. The maximum absolute atomic E-state index is 12.4. The zero-order chi connectivity index (χ0) is 21.7. The third kappa shape index (κ3) is 5.64. The van der Waals surface area contributed by atoms with E-state index in [9.17, 15) is 4.79 Å². The van der Waals surface area contributed by atoms with Gasteiger partial charge in [0.25, 0.3) is 0 Å². The number of aromatic nitrogens is 3. The fraction of sp³-hybridized carbons (Fsp3) is 0.318. The van der Waals surface area contributed by atoms with Crippen LogP contribution >= 0.6 is 27.7 Å². The van der Waals surface area contributed by atoms with Gasteiger partial charge in [-0.2, -0.15) is 0 Å². The number of halogens is 1. The van der Waals surface area contributed by atoms with Gasteiger partial charge in [-0.05, 0) is 79.0 Å². The van der Waals surface area contributed by atoms with Crippen LogP contribution in [-0.4, -0.2) is 26.4 Å². The Labute approximate surface area is 189 Å². The van der Waals surface area contributed by atoms with Crippen molar-refractivity contribution in [2.75, 3.05) is 11.1 Å². The van der Waals surface area contributed by atoms with Gasteiger partial charge in [0.2, 0.25) is 5.91 Å². The summed E-state index contributed by atoms with van der Waals surface area (Å²) < 4.78 is 8.67. The van der Waals surface area contributed by atoms with Gasteiger partial charge in [0.15, 0.2) is 11.0 Å². The number of carbonyl (C=O) groups is 1. The molecule has 6 nitrogen and oxygen atoms in total. The topological polar surface area (TPSA) is 69.0 Å². The van der Waals surface area contributed by atoms with Crippen molar-refractivity contribution in [1.29, 1.82) is 0 Å². The molecule has 0 aliphatic heterocycles. The second-order valence-electron chi connectivity index (χ2n) is 7.00. The normalized spacial score (nSPS) is 10.8. The molecule has 0 fully saturated rings. The van der Waals surface area contributed by atoms with E-state index in [1.807, 2.05) is 68.7 Å². The molecule has 3 rings (SSSR count). The summed E-state index contributed by atoms with van der Waals surface area (Å²) in [5, 5.41) is 12.1. The number of ether oxygens (including phenoxy) is 1. The first-order chi connectivity index (χ1) is 14.4. The van der Waals surface area contributed by atoms with E-state index in [4.69, 9.17) is 4.74 Å². The first-order valence-electron chi connectivity index (χ1n) is 9.68. The van der Waals surface area contributed by atoms with E-state index in [0.717, 1.165) is 27.3 Å². The molecule has 8 heteroatoms. The molecular formula is C22H25BrN4O2S. The number of rotatable bonds is 8. The summed E-state index contributed by atoms with van der Waals surface area (Å²) in [6, 6.07) is 11.9. The smallest absolute Gasteiger partial charge is 0.234 e. The summed E-state index contributed by atoms with van der Waals surface area (Å²) in [5.74, 6) is 1.68. The third-order valence-corrected chi connectivity index (χ3v) is 6.31. The molecule has 0 bridgehead atoms. The zero-order valence-electron chi connectivity index (χ0n) is 17.5. The largest absolute Gasteiger partial charge is 0.486 e. The van der Waals surface area contributed by atoms with Gasteiger partial charge < -0.3 is 14.6 Å². The fourth-order valence-corrected chi connectivity index (χ4v) is 4.20. The number of hydrogen-bond acceptors (Lipinski definition) is 5. The van der Waals surface area contributed by atoms with Gasteiger partial charge in [-0.3, -0.25) is 4.79 Å². The predicted octanol–water partition coefficient (Wildman–Crippen LogP) is 5.30. The number of hydrogen-bond donors (Lipinski definition) is 1. The Bertz CT molecular complexity index is 1030. The molecule has 0 radical (unpaired) electrons. The van der Waals surface area contributed by atoms with Gasteiger partial charge in [-0.1, -0.05) is 29.5 Å². The van der Waals surface area contributed by atoms with Crippen molar-refractivity contribution >= 4 is 39.3 Å². The van der Waals surface area contributed by atoms with E-state index < -0.39 is 0 Å². The van der Waals surface area contributed by atoms with Crippen LogP contribution in [0.2, 0.25) is 0 Å². The number of nitrogens with zero attached hydrogens (tertiary/aromatic N) is 3. The second kappa shape index (κ2) is 10.1. The van der Waals surface area contributed by atoms with E-state index in [2.05, 4.69) is 31.4 Å². The molecule has 0 aliphatic carbocycles. The molecule has 2 aromatic carbocycles. The van der Waals surface area contributed by atoms with Crippen molar-refractivity contribution in [3.8, 4) is 5.75 Å². The van der Waals surface area contributed by atoms with Gasteiger partial charge in [0, 0.05) is 11.0 Å². The summed E-state index contributed by atoms with van der Waals surface area (Å²) >= 11 is 4.87. The molecule has 0 aliphatic rings. The van der Waals surface area contributed by atoms with Crippen molar-refractivity contribution in [3.63, 3.8) is 0 Å². The average molecular weight is 489 g/mol. The highest BCUT2D eigenvalue weighted by Crippen LogP contribution is 2.27. The summed E-state index contributed by atoms with van der Waals surface area (Å²) in [5.41, 5.74) is 4.26. The predicted molar refractivity (Wildman–Crippen MR) is 124 cm³/mol. The molecule has 0 unspecified atom stereocenters. The van der Waals surface area contributed by atoms with Crippen LogP contribution in [0.4, 0.5) is 5.69 Å². The maximum Gasteiger partial charge on any atom is 0.234 e. The summed E-state index contributed by atoms with van der Waals surface area (Å²) in [4.78, 5) is 12.4. The zero-order valence-corrected chi connectivity index (χ0v) is 19.9. The van der Waals surface area contributed by atoms with Crippen molar-refractivity contribution < 1.29 is 9.53 Å². The van der Waals surface area contributed by atoms with Gasteiger partial charge in [-0.25, -0.2) is 0 Å². The van der Waals surface area contributed by atoms with Gasteiger partial charge in [-0.15, -0.1) is 10.2 Å². The van der Waals surface area contributed by atoms with E-state index in [-0.39, 0.29) is 11.7 Å². The average Bonchev–Trinajstić information content (AvgIpc) is 3.12. The molecule has 30 heavy (non-hydrogen) atoms. The minimum atomic E-state index is -0.0907. The van der Waals surface area contributed by atoms with Crippen molar-refractivity contribution in [2.24, 2.45) is 0 Å². The molecule has 1 amide bonds. The van der Waals surface area contributed by atoms with Crippen LogP contribution in [0.1, 0.15) is 29.4 Å². The minimum absolute atomic E-state index is 0.0907. The lowest BCUT2D eigenvalue weighted by molar-refractivity contribution is -0.113. The van der Waals surface area contributed by atoms with E-state index in [1.54, 1.807) is 0 Å². The van der Waals surface area contributed by atoms with Crippen molar-refractivity contribution in [2.45, 2.75) is 46.0 Å². The van der Waals surface area contributed by atoms with E-state index in [1.165, 1.54) is 22.9 Å². The van der Waals surface area contributed by atoms with Crippen LogP contribution in [0.5, 0.6) is 5.75 Å². The number of carbonyl (C=O) groups excluding carboxylic acids is 1. The number of benzene rings is 2. The highest BCUT2D eigenvalue weighted by Gasteiger charge is 2.14. The molecule has 0 saturated heterocycles. The summed E-state index contributed by atoms with van der Waals surface area (Å²) in [6.07, 6.45) is 0. The lowest BCUT2D eigenvalue weighted by Crippen LogP contribution is -2.15. The Hall–Kier alpha value is -2.32. The number of thioether (sulfide) groups is 1. The van der Waals surface area contributed by atoms with Crippen LogP contribution in [-0.2, 0) is 17.9 Å². The quantitative estimate of drug-likeness (QED) is 0.435. The Kier molecular flexibility index (Phi) is 7.55. The number of amides is 1. The Morgan fingerprint density at radius 2 is 1.83 bits per heavy atom. The van der Waals surface area contributed by atoms with Crippen LogP contribution in [0.15, 0.2) is 46.0 Å². The Morgan fingerprint density at radius 3 is 2.53 bits per heavy atom. The van der Waals surface area contributed by atoms with E-state index in [0.29, 0.717) is 18.3 Å². The highest BCUT2D eigenvalue weighted by molar-refractivity contribution is 9.10. The molecule has 1 heterocycles. The minimum Gasteiger partial charge on any atom is -0.486 e. The molecule has 3 aromatic rings. The molecule has 0 spiro atoms. The summed E-state index contributed by atoms with van der Waals surface area (Å²) in [7, 11) is 0. The second-order valence-corrected chi connectivity index (χ2v) is 8.79. The first-order valence-corrected chi connectivity index (χ1v) is 11.5. The SMILES string of the molecule is CCn1c(COc2ccc(C)cc2)nnc1SCC(=O)Nc1cc(C)c(C)cc1Br. The Morgan fingerprint density at radius 1 is 1.13 bits per heavy atom. The standard InChI is InChI=1S/C22H25BrN4O2S/c1-5-27-20(12-29-17-8-6-14(2)7-9-17)25-26-22(27)30-13-21(28)24-19-11-16(4)15(3)10-18(19)23/h6-11H,5,12-13H2,1-4H3,(H,24,28). The maximum atomic E-state index is 12.4. The monoisotopic (exact) mass is 488 g/mol. The lowest BCUT2D eigenvalue weighted by atomic mass is 10.1. The van der Waals surface area contributed by atoms with E-state index >= 15 is 0 Å². The number of anilines is 1. The fourth-order valence-electron chi connectivity index (χ4n) is 2.83. The van der Waals surface area contributed by atoms with Crippen LogP contribution in [0, 0.1) is 20.8 Å². The van der Waals surface area contributed by atoms with Crippen molar-refractivity contribution in [1.82, 2.24) is 14.8 Å².